The van der Waals surface area contributed by atoms with Crippen LogP contribution >= 0.6 is 11.6 Å². The molecule has 2 aromatic rings. The molecule has 1 aromatic heterocycles. The molecular formula is C13H13ClN2O. The zero-order valence-electron chi connectivity index (χ0n) is 9.77. The van der Waals surface area contributed by atoms with Gasteiger partial charge in [-0.1, -0.05) is 18.5 Å². The fourth-order valence-corrected chi connectivity index (χ4v) is 1.73. The van der Waals surface area contributed by atoms with E-state index in [-0.39, 0.29) is 0 Å². The van der Waals surface area contributed by atoms with Gasteiger partial charge in [0.1, 0.15) is 16.7 Å². The summed E-state index contributed by atoms with van der Waals surface area (Å²) < 4.78 is 5.11. The van der Waals surface area contributed by atoms with E-state index in [1.165, 1.54) is 0 Å². The molecule has 0 fully saturated rings. The van der Waals surface area contributed by atoms with E-state index in [0.29, 0.717) is 5.15 Å². The van der Waals surface area contributed by atoms with E-state index in [9.17, 15) is 0 Å². The smallest absolute Gasteiger partial charge is 0.133 e. The predicted molar refractivity (Wildman–Crippen MR) is 68.4 cm³/mol. The molecule has 0 radical (unpaired) electrons. The Kier molecular flexibility index (Phi) is 3.59. The lowest BCUT2D eigenvalue weighted by Gasteiger charge is -2.05. The van der Waals surface area contributed by atoms with Crippen LogP contribution in [0.15, 0.2) is 30.3 Å². The monoisotopic (exact) mass is 248 g/mol. The third-order valence-corrected chi connectivity index (χ3v) is 2.64. The van der Waals surface area contributed by atoms with Gasteiger partial charge in [0.2, 0.25) is 0 Å². The van der Waals surface area contributed by atoms with Crippen LogP contribution < -0.4 is 4.74 Å². The van der Waals surface area contributed by atoms with Gasteiger partial charge in [-0.3, -0.25) is 0 Å². The van der Waals surface area contributed by atoms with Crippen LogP contribution in [0.2, 0.25) is 5.15 Å². The van der Waals surface area contributed by atoms with Crippen molar-refractivity contribution in [3.05, 3.63) is 41.3 Å². The average molecular weight is 249 g/mol. The van der Waals surface area contributed by atoms with E-state index in [1.807, 2.05) is 31.2 Å². The molecular weight excluding hydrogens is 236 g/mol. The highest BCUT2D eigenvalue weighted by Crippen LogP contribution is 2.22. The van der Waals surface area contributed by atoms with Gasteiger partial charge in [-0.2, -0.15) is 0 Å². The Morgan fingerprint density at radius 2 is 1.88 bits per heavy atom. The number of rotatable bonds is 3. The Morgan fingerprint density at radius 3 is 2.47 bits per heavy atom. The number of benzene rings is 1. The largest absolute Gasteiger partial charge is 0.497 e. The summed E-state index contributed by atoms with van der Waals surface area (Å²) in [5, 5.41) is 0.475. The first-order chi connectivity index (χ1) is 8.22. The summed E-state index contributed by atoms with van der Waals surface area (Å²) in [6.45, 7) is 2.00. The molecule has 0 N–H and O–H groups in total. The molecule has 1 aromatic carbocycles. The molecule has 88 valence electrons. The number of halogens is 1. The topological polar surface area (TPSA) is 35.0 Å². The van der Waals surface area contributed by atoms with Crippen LogP contribution in [0.25, 0.3) is 11.3 Å². The first-order valence-electron chi connectivity index (χ1n) is 5.41. The normalized spacial score (nSPS) is 10.3. The van der Waals surface area contributed by atoms with E-state index >= 15 is 0 Å². The highest BCUT2D eigenvalue weighted by molar-refractivity contribution is 6.29. The number of methoxy groups -OCH3 is 1. The second-order valence-corrected chi connectivity index (χ2v) is 3.96. The minimum atomic E-state index is 0.475. The highest BCUT2D eigenvalue weighted by Gasteiger charge is 2.04. The molecule has 0 atom stereocenters. The van der Waals surface area contributed by atoms with Gasteiger partial charge >= 0.3 is 0 Å². The van der Waals surface area contributed by atoms with Crippen molar-refractivity contribution in [2.75, 3.05) is 7.11 Å². The molecule has 1 heterocycles. The van der Waals surface area contributed by atoms with Crippen LogP contribution in [-0.4, -0.2) is 17.1 Å². The summed E-state index contributed by atoms with van der Waals surface area (Å²) in [6.07, 6.45) is 0.768. The molecule has 3 nitrogen and oxygen atoms in total. The fourth-order valence-electron chi connectivity index (χ4n) is 1.53. The van der Waals surface area contributed by atoms with Gasteiger partial charge in [-0.05, 0) is 24.3 Å². The molecule has 0 amide bonds. The SMILES string of the molecule is CCc1nc(Cl)cc(-c2ccc(OC)cc2)n1. The maximum Gasteiger partial charge on any atom is 0.133 e. The quantitative estimate of drug-likeness (QED) is 0.782. The lowest BCUT2D eigenvalue weighted by molar-refractivity contribution is 0.415. The molecule has 2 rings (SSSR count). The number of ether oxygens (including phenoxy) is 1. The number of nitrogens with zero attached hydrogens (tertiary/aromatic N) is 2. The third-order valence-electron chi connectivity index (χ3n) is 2.44. The lowest BCUT2D eigenvalue weighted by Crippen LogP contribution is -1.95. The van der Waals surface area contributed by atoms with E-state index in [4.69, 9.17) is 16.3 Å². The molecule has 0 aliphatic carbocycles. The summed E-state index contributed by atoms with van der Waals surface area (Å²) >= 11 is 5.96. The van der Waals surface area contributed by atoms with Crippen LogP contribution in [0, 0.1) is 0 Å². The zero-order valence-corrected chi connectivity index (χ0v) is 10.5. The highest BCUT2D eigenvalue weighted by atomic mass is 35.5. The standard InChI is InChI=1S/C13H13ClN2O/c1-3-13-15-11(8-12(14)16-13)9-4-6-10(17-2)7-5-9/h4-8H,3H2,1-2H3. The van der Waals surface area contributed by atoms with Crippen molar-refractivity contribution in [1.29, 1.82) is 0 Å². The second kappa shape index (κ2) is 5.15. The van der Waals surface area contributed by atoms with Crippen molar-refractivity contribution in [3.63, 3.8) is 0 Å². The summed E-state index contributed by atoms with van der Waals surface area (Å²) in [7, 11) is 1.64. The Hall–Kier alpha value is -1.61. The second-order valence-electron chi connectivity index (χ2n) is 3.57. The van der Waals surface area contributed by atoms with E-state index in [0.717, 1.165) is 29.3 Å². The number of hydrogen-bond donors (Lipinski definition) is 0. The Labute approximate surface area is 105 Å². The van der Waals surface area contributed by atoms with Crippen molar-refractivity contribution >= 4 is 11.6 Å². The van der Waals surface area contributed by atoms with Gasteiger partial charge in [0, 0.05) is 18.1 Å². The van der Waals surface area contributed by atoms with Gasteiger partial charge < -0.3 is 4.74 Å². The van der Waals surface area contributed by atoms with Gasteiger partial charge in [0.15, 0.2) is 0 Å². The summed E-state index contributed by atoms with van der Waals surface area (Å²) in [4.78, 5) is 8.58. The molecule has 17 heavy (non-hydrogen) atoms. The van der Waals surface area contributed by atoms with Crippen LogP contribution in [0.4, 0.5) is 0 Å². The van der Waals surface area contributed by atoms with Crippen molar-refractivity contribution in [2.24, 2.45) is 0 Å². The first kappa shape index (κ1) is 11.9. The number of hydrogen-bond acceptors (Lipinski definition) is 3. The summed E-state index contributed by atoms with van der Waals surface area (Å²) in [6, 6.07) is 9.48. The Morgan fingerprint density at radius 1 is 1.18 bits per heavy atom. The van der Waals surface area contributed by atoms with Crippen LogP contribution in [0.1, 0.15) is 12.7 Å². The molecule has 0 aliphatic heterocycles. The van der Waals surface area contributed by atoms with Crippen molar-refractivity contribution in [3.8, 4) is 17.0 Å². The van der Waals surface area contributed by atoms with Crippen LogP contribution in [0.5, 0.6) is 5.75 Å². The molecule has 0 saturated carbocycles. The maximum absolute atomic E-state index is 5.96. The van der Waals surface area contributed by atoms with Crippen molar-refractivity contribution in [1.82, 2.24) is 9.97 Å². The maximum atomic E-state index is 5.96. The van der Waals surface area contributed by atoms with Crippen LogP contribution in [-0.2, 0) is 6.42 Å². The van der Waals surface area contributed by atoms with Gasteiger partial charge in [0.25, 0.3) is 0 Å². The predicted octanol–water partition coefficient (Wildman–Crippen LogP) is 3.37. The van der Waals surface area contributed by atoms with Crippen molar-refractivity contribution in [2.45, 2.75) is 13.3 Å². The number of aromatic nitrogens is 2. The summed E-state index contributed by atoms with van der Waals surface area (Å²) in [5.74, 6) is 1.58. The van der Waals surface area contributed by atoms with Crippen molar-refractivity contribution < 1.29 is 4.74 Å². The van der Waals surface area contributed by atoms with Gasteiger partial charge in [-0.15, -0.1) is 0 Å². The molecule has 0 saturated heterocycles. The summed E-state index contributed by atoms with van der Waals surface area (Å²) in [5.41, 5.74) is 1.84. The molecule has 0 unspecified atom stereocenters. The molecule has 0 spiro atoms. The fraction of sp³-hybridized carbons (Fsp3) is 0.231. The molecule has 0 aliphatic rings. The molecule has 0 bridgehead atoms. The lowest BCUT2D eigenvalue weighted by atomic mass is 10.1. The van der Waals surface area contributed by atoms with E-state index in [2.05, 4.69) is 9.97 Å². The molecule has 4 heteroatoms. The zero-order chi connectivity index (χ0) is 12.3. The van der Waals surface area contributed by atoms with Gasteiger partial charge in [0.05, 0.1) is 12.8 Å². The minimum Gasteiger partial charge on any atom is -0.497 e. The van der Waals surface area contributed by atoms with E-state index in [1.54, 1.807) is 13.2 Å². The van der Waals surface area contributed by atoms with E-state index < -0.39 is 0 Å². The first-order valence-corrected chi connectivity index (χ1v) is 5.78. The Balaban J connectivity index is 2.41. The van der Waals surface area contributed by atoms with Gasteiger partial charge in [-0.25, -0.2) is 9.97 Å². The van der Waals surface area contributed by atoms with Crippen LogP contribution in [0.3, 0.4) is 0 Å². The minimum absolute atomic E-state index is 0.475. The number of aryl methyl sites for hydroxylation is 1. The Bertz CT molecular complexity index is 511. The third kappa shape index (κ3) is 2.74. The average Bonchev–Trinajstić information content (AvgIpc) is 2.38.